The second kappa shape index (κ2) is 5.51. The van der Waals surface area contributed by atoms with E-state index in [1.165, 1.54) is 0 Å². The zero-order valence-corrected chi connectivity index (χ0v) is 16.6. The third kappa shape index (κ3) is 2.30. The van der Waals surface area contributed by atoms with Crippen LogP contribution in [0.15, 0.2) is 52.9 Å². The highest BCUT2D eigenvalue weighted by Gasteiger charge is 2.53. The van der Waals surface area contributed by atoms with Crippen molar-refractivity contribution >= 4 is 56.9 Å². The lowest BCUT2D eigenvalue weighted by Gasteiger charge is -2.32. The quantitative estimate of drug-likeness (QED) is 0.399. The fourth-order valence-corrected chi connectivity index (χ4v) is 4.16. The second-order valence-electron chi connectivity index (χ2n) is 8.16. The van der Waals surface area contributed by atoms with Gasteiger partial charge in [0.15, 0.2) is 0 Å². The van der Waals surface area contributed by atoms with Crippen molar-refractivity contribution < 1.29 is 13.7 Å². The maximum absolute atomic E-state index is 6.94. The third-order valence-corrected chi connectivity index (χ3v) is 6.41. The van der Waals surface area contributed by atoms with E-state index < -0.39 is 18.3 Å². The Morgan fingerprint density at radius 3 is 2.00 bits per heavy atom. The van der Waals surface area contributed by atoms with Crippen molar-refractivity contribution in [2.75, 3.05) is 0 Å². The Balaban J connectivity index is 1.92. The molecular weight excluding hydrogens is 359 g/mol. The minimum absolute atomic E-state index is 0.446. The molecule has 3 aromatic carbocycles. The highest BCUT2D eigenvalue weighted by Crippen LogP contribution is 2.41. The predicted molar refractivity (Wildman–Crippen MR) is 112 cm³/mol. The summed E-state index contributed by atoms with van der Waals surface area (Å²) in [6, 6.07) is 16.1. The topological polar surface area (TPSA) is 31.6 Å². The molecule has 0 aliphatic carbocycles. The van der Waals surface area contributed by atoms with Crippen LogP contribution in [0.5, 0.6) is 0 Å². The first-order chi connectivity index (χ1) is 12.8. The second-order valence-corrected chi connectivity index (χ2v) is 8.54. The van der Waals surface area contributed by atoms with E-state index in [9.17, 15) is 0 Å². The van der Waals surface area contributed by atoms with Gasteiger partial charge < -0.3 is 13.7 Å². The molecule has 5 rings (SSSR count). The van der Waals surface area contributed by atoms with Gasteiger partial charge in [0.05, 0.1) is 11.2 Å². The number of halogens is 1. The first-order valence-corrected chi connectivity index (χ1v) is 9.55. The molecule has 0 atom stereocenters. The van der Waals surface area contributed by atoms with E-state index in [2.05, 4.69) is 6.07 Å². The molecule has 0 radical (unpaired) electrons. The van der Waals surface area contributed by atoms with Gasteiger partial charge >= 0.3 is 7.12 Å². The molecule has 1 aliphatic heterocycles. The van der Waals surface area contributed by atoms with Crippen molar-refractivity contribution in [3.8, 4) is 0 Å². The van der Waals surface area contributed by atoms with Gasteiger partial charge in [0.2, 0.25) is 0 Å². The van der Waals surface area contributed by atoms with Crippen LogP contribution in [0.25, 0.3) is 32.7 Å². The van der Waals surface area contributed by atoms with Gasteiger partial charge in [-0.25, -0.2) is 0 Å². The molecule has 3 nitrogen and oxygen atoms in total. The minimum Gasteiger partial charge on any atom is -0.455 e. The van der Waals surface area contributed by atoms with Crippen LogP contribution >= 0.6 is 11.6 Å². The van der Waals surface area contributed by atoms with Gasteiger partial charge in [-0.15, -0.1) is 0 Å². The molecule has 1 fully saturated rings. The van der Waals surface area contributed by atoms with Gasteiger partial charge in [-0.05, 0) is 33.8 Å². The molecule has 4 aromatic rings. The number of fused-ring (bicyclic) bond motifs is 5. The molecule has 1 aliphatic rings. The fraction of sp³-hybridized carbons (Fsp3) is 0.273. The fourth-order valence-electron chi connectivity index (χ4n) is 3.81. The summed E-state index contributed by atoms with van der Waals surface area (Å²) in [4.78, 5) is 0. The number of benzene rings is 3. The molecule has 27 heavy (non-hydrogen) atoms. The summed E-state index contributed by atoms with van der Waals surface area (Å²) in [7, 11) is -0.560. The summed E-state index contributed by atoms with van der Waals surface area (Å²) in [5.74, 6) is 0. The molecule has 136 valence electrons. The van der Waals surface area contributed by atoms with Gasteiger partial charge in [0.25, 0.3) is 0 Å². The van der Waals surface area contributed by atoms with Crippen LogP contribution in [0.2, 0.25) is 5.02 Å². The minimum atomic E-state index is -0.560. The zero-order chi connectivity index (χ0) is 19.0. The Labute approximate surface area is 163 Å². The summed E-state index contributed by atoms with van der Waals surface area (Å²) < 4.78 is 19.0. The monoisotopic (exact) mass is 378 g/mol. The number of hydrogen-bond acceptors (Lipinski definition) is 3. The highest BCUT2D eigenvalue weighted by molar-refractivity contribution is 6.70. The molecule has 0 N–H and O–H groups in total. The van der Waals surface area contributed by atoms with Crippen LogP contribution in [0, 0.1) is 0 Å². The maximum Gasteiger partial charge on any atom is 0.497 e. The predicted octanol–water partition coefficient (Wildman–Crippen LogP) is 5.69. The van der Waals surface area contributed by atoms with Gasteiger partial charge in [-0.2, -0.15) is 0 Å². The van der Waals surface area contributed by atoms with Crippen LogP contribution in [0.3, 0.4) is 0 Å². The van der Waals surface area contributed by atoms with E-state index in [-0.39, 0.29) is 0 Å². The first-order valence-electron chi connectivity index (χ1n) is 9.17. The molecule has 0 bridgehead atoms. The van der Waals surface area contributed by atoms with Crippen molar-refractivity contribution in [3.05, 3.63) is 53.6 Å². The van der Waals surface area contributed by atoms with Gasteiger partial charge in [0.1, 0.15) is 11.2 Å². The van der Waals surface area contributed by atoms with E-state index in [0.717, 1.165) is 38.2 Å². The molecule has 2 heterocycles. The maximum atomic E-state index is 6.94. The molecule has 0 saturated carbocycles. The van der Waals surface area contributed by atoms with Crippen molar-refractivity contribution in [1.29, 1.82) is 0 Å². The molecule has 1 saturated heterocycles. The Morgan fingerprint density at radius 1 is 0.778 bits per heavy atom. The molecule has 0 spiro atoms. The smallest absolute Gasteiger partial charge is 0.455 e. The van der Waals surface area contributed by atoms with E-state index in [1.54, 1.807) is 0 Å². The molecule has 1 aromatic heterocycles. The van der Waals surface area contributed by atoms with E-state index >= 15 is 0 Å². The molecule has 0 unspecified atom stereocenters. The molecule has 5 heteroatoms. The summed E-state index contributed by atoms with van der Waals surface area (Å²) in [6.07, 6.45) is 0. The van der Waals surface area contributed by atoms with Crippen LogP contribution in [0.4, 0.5) is 0 Å². The Hall–Kier alpha value is -2.01. The van der Waals surface area contributed by atoms with Crippen molar-refractivity contribution in [1.82, 2.24) is 0 Å². The van der Waals surface area contributed by atoms with Gasteiger partial charge in [0, 0.05) is 32.0 Å². The van der Waals surface area contributed by atoms with Gasteiger partial charge in [-0.1, -0.05) is 54.1 Å². The summed E-state index contributed by atoms with van der Waals surface area (Å²) >= 11 is 6.94. The largest absolute Gasteiger partial charge is 0.497 e. The van der Waals surface area contributed by atoms with Crippen molar-refractivity contribution in [2.45, 2.75) is 38.9 Å². The Kier molecular flexibility index (Phi) is 3.49. The standard InChI is InChI=1S/C22H20BClO3/c1-21(2)22(3,4)27-23(26-21)18-17-15-11-7-8-12-16(15)25-20(17)14-10-6-5-9-13(14)19(18)24/h5-12H,1-4H3. The summed E-state index contributed by atoms with van der Waals surface area (Å²) in [5.41, 5.74) is 1.60. The number of hydrogen-bond donors (Lipinski definition) is 0. The average molecular weight is 379 g/mol. The lowest BCUT2D eigenvalue weighted by Crippen LogP contribution is -2.41. The number of para-hydroxylation sites is 1. The lowest BCUT2D eigenvalue weighted by molar-refractivity contribution is 0.00578. The molecular formula is C22H20BClO3. The van der Waals surface area contributed by atoms with Crippen molar-refractivity contribution in [3.63, 3.8) is 0 Å². The van der Waals surface area contributed by atoms with Crippen LogP contribution in [-0.2, 0) is 9.31 Å². The number of furan rings is 1. The van der Waals surface area contributed by atoms with Crippen LogP contribution < -0.4 is 5.46 Å². The first kappa shape index (κ1) is 17.1. The van der Waals surface area contributed by atoms with E-state index in [4.69, 9.17) is 25.3 Å². The Bertz CT molecular complexity index is 1190. The van der Waals surface area contributed by atoms with Crippen LogP contribution in [-0.4, -0.2) is 18.3 Å². The lowest BCUT2D eigenvalue weighted by atomic mass is 9.75. The normalized spacial score (nSPS) is 18.8. The van der Waals surface area contributed by atoms with E-state index in [1.807, 2.05) is 70.2 Å². The highest BCUT2D eigenvalue weighted by atomic mass is 35.5. The van der Waals surface area contributed by atoms with E-state index in [0.29, 0.717) is 5.02 Å². The summed E-state index contributed by atoms with van der Waals surface area (Å²) in [5, 5.41) is 4.57. The third-order valence-electron chi connectivity index (χ3n) is 6.00. The average Bonchev–Trinajstić information content (AvgIpc) is 3.10. The SMILES string of the molecule is CC1(C)OB(c2c(Cl)c3ccccc3c3oc4ccccc4c23)OC1(C)C. The zero-order valence-electron chi connectivity index (χ0n) is 15.8. The van der Waals surface area contributed by atoms with Gasteiger partial charge in [-0.3, -0.25) is 0 Å². The number of rotatable bonds is 1. The molecule has 0 amide bonds. The van der Waals surface area contributed by atoms with Crippen molar-refractivity contribution in [2.24, 2.45) is 0 Å². The van der Waals surface area contributed by atoms with Crippen LogP contribution in [0.1, 0.15) is 27.7 Å². The Morgan fingerprint density at radius 2 is 1.33 bits per heavy atom. The summed E-state index contributed by atoms with van der Waals surface area (Å²) in [6.45, 7) is 8.19.